The molecule has 0 aliphatic heterocycles. The molecule has 1 atom stereocenters. The molecule has 0 nitrogen and oxygen atoms in total. The molecular formula is C6H15PS2. The molecule has 0 aliphatic rings. The Morgan fingerprint density at radius 2 is 1.78 bits per heavy atom. The van der Waals surface area contributed by atoms with Crippen LogP contribution in [0.3, 0.4) is 0 Å². The molecule has 0 amide bonds. The largest absolute Gasteiger partial charge is 0.179 e. The van der Waals surface area contributed by atoms with Gasteiger partial charge in [-0.2, -0.15) is 25.3 Å². The van der Waals surface area contributed by atoms with Gasteiger partial charge in [-0.05, 0) is 29.5 Å². The summed E-state index contributed by atoms with van der Waals surface area (Å²) in [7, 11) is 2.76. The summed E-state index contributed by atoms with van der Waals surface area (Å²) in [4.78, 5) is 0. The molecule has 0 N–H and O–H groups in total. The Balaban J connectivity index is 3.82. The van der Waals surface area contributed by atoms with Gasteiger partial charge in [-0.25, -0.2) is 0 Å². The smallest absolute Gasteiger partial charge is 0.00302 e. The van der Waals surface area contributed by atoms with Crippen molar-refractivity contribution in [3.8, 4) is 0 Å². The fraction of sp³-hybridized carbons (Fsp3) is 1.00. The summed E-state index contributed by atoms with van der Waals surface area (Å²) < 4.78 is 0. The molecule has 0 saturated carbocycles. The highest BCUT2D eigenvalue weighted by Crippen LogP contribution is 2.27. The monoisotopic (exact) mass is 182 g/mol. The van der Waals surface area contributed by atoms with Crippen LogP contribution in [-0.4, -0.2) is 17.7 Å². The Kier molecular flexibility index (Phi) is 5.48. The normalized spacial score (nSPS) is 12.0. The molecule has 0 fully saturated rings. The third-order valence-electron chi connectivity index (χ3n) is 1.85. The van der Waals surface area contributed by atoms with Crippen LogP contribution in [0.4, 0.5) is 0 Å². The molecule has 1 unspecified atom stereocenters. The van der Waals surface area contributed by atoms with E-state index >= 15 is 0 Å². The van der Waals surface area contributed by atoms with E-state index in [1.807, 2.05) is 0 Å². The highest BCUT2D eigenvalue weighted by atomic mass is 32.1. The van der Waals surface area contributed by atoms with Crippen molar-refractivity contribution in [3.05, 3.63) is 0 Å². The van der Waals surface area contributed by atoms with Gasteiger partial charge in [0.1, 0.15) is 0 Å². The van der Waals surface area contributed by atoms with Gasteiger partial charge in [0, 0.05) is 0 Å². The third-order valence-corrected chi connectivity index (χ3v) is 4.06. The first-order chi connectivity index (χ1) is 4.24. The molecule has 0 aliphatic carbocycles. The highest BCUT2D eigenvalue weighted by molar-refractivity contribution is 7.81. The van der Waals surface area contributed by atoms with Gasteiger partial charge in [0.15, 0.2) is 0 Å². The van der Waals surface area contributed by atoms with Crippen LogP contribution in [0.1, 0.15) is 13.3 Å². The lowest BCUT2D eigenvalue weighted by molar-refractivity contribution is 0.430. The van der Waals surface area contributed by atoms with Crippen molar-refractivity contribution < 1.29 is 0 Å². The van der Waals surface area contributed by atoms with Crippen LogP contribution in [0.25, 0.3) is 0 Å². The lowest BCUT2D eigenvalue weighted by Crippen LogP contribution is -2.25. The van der Waals surface area contributed by atoms with Crippen molar-refractivity contribution in [2.24, 2.45) is 5.41 Å². The number of hydrogen-bond donors (Lipinski definition) is 2. The van der Waals surface area contributed by atoms with Crippen LogP contribution in [0.5, 0.6) is 0 Å². The van der Waals surface area contributed by atoms with Crippen molar-refractivity contribution >= 4 is 34.5 Å². The third kappa shape index (κ3) is 2.69. The Hall–Kier alpha value is 1.13. The minimum Gasteiger partial charge on any atom is -0.179 e. The van der Waals surface area contributed by atoms with Gasteiger partial charge in [0.2, 0.25) is 0 Å². The van der Waals surface area contributed by atoms with E-state index in [2.05, 4.69) is 41.4 Å². The van der Waals surface area contributed by atoms with Crippen molar-refractivity contribution in [1.82, 2.24) is 0 Å². The van der Waals surface area contributed by atoms with E-state index in [1.54, 1.807) is 0 Å². The Morgan fingerprint density at radius 3 is 1.78 bits per heavy atom. The fourth-order valence-electron chi connectivity index (χ4n) is 0.547. The van der Waals surface area contributed by atoms with Crippen LogP contribution in [0, 0.1) is 5.41 Å². The molecule has 0 spiro atoms. The van der Waals surface area contributed by atoms with Crippen molar-refractivity contribution in [2.45, 2.75) is 13.3 Å². The molecule has 0 rings (SSSR count). The van der Waals surface area contributed by atoms with Gasteiger partial charge in [-0.3, -0.25) is 0 Å². The summed E-state index contributed by atoms with van der Waals surface area (Å²) in [6.45, 7) is 2.19. The van der Waals surface area contributed by atoms with Crippen LogP contribution >= 0.6 is 34.5 Å². The van der Waals surface area contributed by atoms with Crippen LogP contribution < -0.4 is 0 Å². The van der Waals surface area contributed by atoms with E-state index < -0.39 is 0 Å². The van der Waals surface area contributed by atoms with Gasteiger partial charge in [0.25, 0.3) is 0 Å². The minimum atomic E-state index is 0.358. The first-order valence-electron chi connectivity index (χ1n) is 3.16. The van der Waals surface area contributed by atoms with E-state index in [1.165, 1.54) is 6.42 Å². The summed E-state index contributed by atoms with van der Waals surface area (Å²) in [6, 6.07) is 0. The zero-order valence-electron chi connectivity index (χ0n) is 5.80. The number of rotatable bonds is 4. The second kappa shape index (κ2) is 4.87. The minimum absolute atomic E-state index is 0.358. The summed E-state index contributed by atoms with van der Waals surface area (Å²) >= 11 is 8.56. The lowest BCUT2D eigenvalue weighted by Gasteiger charge is -2.26. The maximum absolute atomic E-state index is 4.28. The van der Waals surface area contributed by atoms with Crippen LogP contribution in [-0.2, 0) is 0 Å². The molecule has 0 radical (unpaired) electrons. The summed E-state index contributed by atoms with van der Waals surface area (Å²) in [6.07, 6.45) is 2.28. The first-order valence-corrected chi connectivity index (χ1v) is 5.24. The van der Waals surface area contributed by atoms with E-state index in [4.69, 9.17) is 0 Å². The summed E-state index contributed by atoms with van der Waals surface area (Å²) in [5.74, 6) is 1.88. The first kappa shape index (κ1) is 10.1. The second-order valence-corrected chi connectivity index (χ2v) is 3.41. The molecule has 3 heteroatoms. The molecule has 0 saturated heterocycles. The van der Waals surface area contributed by atoms with Crippen LogP contribution in [0.15, 0.2) is 0 Å². The van der Waals surface area contributed by atoms with Gasteiger partial charge in [-0.1, -0.05) is 6.92 Å². The number of thiol groups is 2. The van der Waals surface area contributed by atoms with E-state index in [0.29, 0.717) is 5.41 Å². The van der Waals surface area contributed by atoms with Crippen molar-refractivity contribution in [3.63, 3.8) is 0 Å². The molecule has 0 bridgehead atoms. The van der Waals surface area contributed by atoms with E-state index in [9.17, 15) is 0 Å². The van der Waals surface area contributed by atoms with Gasteiger partial charge >= 0.3 is 0 Å². The fourth-order valence-corrected chi connectivity index (χ4v) is 2.72. The average molecular weight is 182 g/mol. The molecular weight excluding hydrogens is 167 g/mol. The predicted molar refractivity (Wildman–Crippen MR) is 55.0 cm³/mol. The standard InChI is InChI=1S/C6H15PS2/c1-2-6(3-7,4-8)5-9/h8-9H,2-5,7H2,1H3. The Bertz CT molecular complexity index is 53.9. The maximum Gasteiger partial charge on any atom is -0.00302 e. The Labute approximate surface area is 71.2 Å². The second-order valence-electron chi connectivity index (χ2n) is 2.37. The molecule has 0 aromatic heterocycles. The van der Waals surface area contributed by atoms with Gasteiger partial charge in [0.05, 0.1) is 0 Å². The SMILES string of the molecule is CCC(CP)(CS)CS. The highest BCUT2D eigenvalue weighted by Gasteiger charge is 2.21. The topological polar surface area (TPSA) is 0 Å². The quantitative estimate of drug-likeness (QED) is 0.483. The molecule has 0 heterocycles. The van der Waals surface area contributed by atoms with Crippen molar-refractivity contribution in [2.75, 3.05) is 17.7 Å². The molecule has 0 aromatic carbocycles. The zero-order chi connectivity index (χ0) is 7.33. The predicted octanol–water partition coefficient (Wildman–Crippen LogP) is 2.12. The zero-order valence-corrected chi connectivity index (χ0v) is 8.74. The lowest BCUT2D eigenvalue weighted by atomic mass is 9.92. The van der Waals surface area contributed by atoms with Gasteiger partial charge < -0.3 is 0 Å². The average Bonchev–Trinajstić information content (AvgIpc) is 1.95. The van der Waals surface area contributed by atoms with Crippen molar-refractivity contribution in [1.29, 1.82) is 0 Å². The molecule has 9 heavy (non-hydrogen) atoms. The maximum atomic E-state index is 4.28. The van der Waals surface area contributed by atoms with E-state index in [-0.39, 0.29) is 0 Å². The summed E-state index contributed by atoms with van der Waals surface area (Å²) in [5.41, 5.74) is 0.358. The molecule has 56 valence electrons. The van der Waals surface area contributed by atoms with Crippen LogP contribution in [0.2, 0.25) is 0 Å². The van der Waals surface area contributed by atoms with Gasteiger partial charge in [-0.15, -0.1) is 9.24 Å². The van der Waals surface area contributed by atoms with E-state index in [0.717, 1.165) is 17.7 Å². The summed E-state index contributed by atoms with van der Waals surface area (Å²) in [5, 5.41) is 0. The Morgan fingerprint density at radius 1 is 1.33 bits per heavy atom. The molecule has 0 aromatic rings. The number of hydrogen-bond acceptors (Lipinski definition) is 2.